The van der Waals surface area contributed by atoms with Crippen LogP contribution >= 0.6 is 0 Å². The smallest absolute Gasteiger partial charge is 0.0296 e. The maximum Gasteiger partial charge on any atom is 0.0296 e. The SMILES string of the molecule is CC/C=C(\C)C(c1ccccc1)c1ccccc1. The van der Waals surface area contributed by atoms with Crippen LogP contribution in [0.1, 0.15) is 37.3 Å². The van der Waals surface area contributed by atoms with Crippen LogP contribution in [0.25, 0.3) is 0 Å². The summed E-state index contributed by atoms with van der Waals surface area (Å²) >= 11 is 0. The quantitative estimate of drug-likeness (QED) is 0.642. The Morgan fingerprint density at radius 1 is 0.889 bits per heavy atom. The van der Waals surface area contributed by atoms with Crippen molar-refractivity contribution in [2.75, 3.05) is 0 Å². The van der Waals surface area contributed by atoms with Crippen molar-refractivity contribution in [1.82, 2.24) is 0 Å². The molecule has 2 aromatic rings. The van der Waals surface area contributed by atoms with Gasteiger partial charge < -0.3 is 0 Å². The lowest BCUT2D eigenvalue weighted by atomic mass is 9.85. The van der Waals surface area contributed by atoms with Crippen LogP contribution in [0.3, 0.4) is 0 Å². The lowest BCUT2D eigenvalue weighted by Crippen LogP contribution is -2.02. The van der Waals surface area contributed by atoms with Crippen LogP contribution in [0, 0.1) is 0 Å². The predicted octanol–water partition coefficient (Wildman–Crippen LogP) is 5.17. The normalized spacial score (nSPS) is 11.8. The van der Waals surface area contributed by atoms with E-state index in [9.17, 15) is 0 Å². The van der Waals surface area contributed by atoms with Crippen LogP contribution in [0.5, 0.6) is 0 Å². The Bertz CT molecular complexity index is 455. The molecule has 0 aliphatic heterocycles. The van der Waals surface area contributed by atoms with Crippen molar-refractivity contribution < 1.29 is 0 Å². The van der Waals surface area contributed by atoms with Crippen LogP contribution in [-0.4, -0.2) is 0 Å². The van der Waals surface area contributed by atoms with Gasteiger partial charge in [-0.05, 0) is 24.5 Å². The first kappa shape index (κ1) is 12.6. The maximum absolute atomic E-state index is 2.32. The van der Waals surface area contributed by atoms with Crippen molar-refractivity contribution in [1.29, 1.82) is 0 Å². The minimum Gasteiger partial charge on any atom is -0.0849 e. The van der Waals surface area contributed by atoms with Crippen LogP contribution in [0.15, 0.2) is 72.3 Å². The van der Waals surface area contributed by atoms with Crippen LogP contribution in [-0.2, 0) is 0 Å². The van der Waals surface area contributed by atoms with Crippen molar-refractivity contribution in [3.8, 4) is 0 Å². The average Bonchev–Trinajstić information content (AvgIpc) is 2.42. The molecule has 0 fully saturated rings. The molecule has 0 radical (unpaired) electrons. The minimum absolute atomic E-state index is 0.382. The first-order valence-electron chi connectivity index (χ1n) is 6.59. The van der Waals surface area contributed by atoms with Gasteiger partial charge in [0.2, 0.25) is 0 Å². The van der Waals surface area contributed by atoms with Crippen molar-refractivity contribution in [2.45, 2.75) is 26.2 Å². The van der Waals surface area contributed by atoms with E-state index < -0.39 is 0 Å². The van der Waals surface area contributed by atoms with E-state index in [4.69, 9.17) is 0 Å². The van der Waals surface area contributed by atoms with Crippen molar-refractivity contribution in [2.24, 2.45) is 0 Å². The van der Waals surface area contributed by atoms with E-state index >= 15 is 0 Å². The molecule has 92 valence electrons. The fourth-order valence-corrected chi connectivity index (χ4v) is 2.45. The molecule has 0 nitrogen and oxygen atoms in total. The van der Waals surface area contributed by atoms with Gasteiger partial charge in [0.05, 0.1) is 0 Å². The van der Waals surface area contributed by atoms with E-state index in [0.29, 0.717) is 5.92 Å². The molecule has 0 atom stereocenters. The molecule has 0 bridgehead atoms. The van der Waals surface area contributed by atoms with E-state index in [2.05, 4.69) is 80.6 Å². The van der Waals surface area contributed by atoms with Crippen molar-refractivity contribution in [3.63, 3.8) is 0 Å². The molecule has 0 unspecified atom stereocenters. The van der Waals surface area contributed by atoms with E-state index in [1.165, 1.54) is 16.7 Å². The Hall–Kier alpha value is -1.82. The minimum atomic E-state index is 0.382. The second-order valence-corrected chi connectivity index (χ2v) is 4.61. The van der Waals surface area contributed by atoms with Gasteiger partial charge in [-0.25, -0.2) is 0 Å². The topological polar surface area (TPSA) is 0 Å². The second kappa shape index (κ2) is 6.20. The molecule has 2 aromatic carbocycles. The fourth-order valence-electron chi connectivity index (χ4n) is 2.45. The maximum atomic E-state index is 2.32. The lowest BCUT2D eigenvalue weighted by Gasteiger charge is -2.19. The van der Waals surface area contributed by atoms with Gasteiger partial charge in [0.25, 0.3) is 0 Å². The Balaban J connectivity index is 2.45. The van der Waals surface area contributed by atoms with Crippen LogP contribution in [0.2, 0.25) is 0 Å². The number of hydrogen-bond acceptors (Lipinski definition) is 0. The van der Waals surface area contributed by atoms with Gasteiger partial charge in [-0.1, -0.05) is 79.2 Å². The van der Waals surface area contributed by atoms with Crippen molar-refractivity contribution in [3.05, 3.63) is 83.4 Å². The molecule has 18 heavy (non-hydrogen) atoms. The zero-order chi connectivity index (χ0) is 12.8. The van der Waals surface area contributed by atoms with E-state index in [0.717, 1.165) is 6.42 Å². The molecule has 0 aromatic heterocycles. The monoisotopic (exact) mass is 236 g/mol. The zero-order valence-corrected chi connectivity index (χ0v) is 11.1. The molecule has 0 heteroatoms. The summed E-state index contributed by atoms with van der Waals surface area (Å²) in [6, 6.07) is 21.5. The molecule has 0 saturated heterocycles. The summed E-state index contributed by atoms with van der Waals surface area (Å²) < 4.78 is 0. The summed E-state index contributed by atoms with van der Waals surface area (Å²) in [5, 5.41) is 0. The third kappa shape index (κ3) is 2.89. The van der Waals surface area contributed by atoms with Gasteiger partial charge in [0.1, 0.15) is 0 Å². The van der Waals surface area contributed by atoms with Gasteiger partial charge in [-0.15, -0.1) is 0 Å². The molecular formula is C18H20. The van der Waals surface area contributed by atoms with Crippen molar-refractivity contribution >= 4 is 0 Å². The molecule has 0 heterocycles. The summed E-state index contributed by atoms with van der Waals surface area (Å²) in [5.74, 6) is 0.382. The fraction of sp³-hybridized carbons (Fsp3) is 0.222. The number of rotatable bonds is 4. The summed E-state index contributed by atoms with van der Waals surface area (Å²) in [7, 11) is 0. The Kier molecular flexibility index (Phi) is 4.35. The third-order valence-corrected chi connectivity index (χ3v) is 3.25. The van der Waals surface area contributed by atoms with Gasteiger partial charge in [-0.2, -0.15) is 0 Å². The summed E-state index contributed by atoms with van der Waals surface area (Å²) in [5.41, 5.74) is 4.16. The number of benzene rings is 2. The molecule has 0 spiro atoms. The predicted molar refractivity (Wildman–Crippen MR) is 78.8 cm³/mol. The molecule has 0 aliphatic carbocycles. The highest BCUT2D eigenvalue weighted by molar-refractivity contribution is 5.40. The Morgan fingerprint density at radius 2 is 1.33 bits per heavy atom. The highest BCUT2D eigenvalue weighted by Crippen LogP contribution is 2.31. The second-order valence-electron chi connectivity index (χ2n) is 4.61. The molecule has 2 rings (SSSR count). The van der Waals surface area contributed by atoms with Gasteiger partial charge in [0.15, 0.2) is 0 Å². The molecule has 0 saturated carbocycles. The van der Waals surface area contributed by atoms with Gasteiger partial charge >= 0.3 is 0 Å². The summed E-state index contributed by atoms with van der Waals surface area (Å²) in [4.78, 5) is 0. The first-order chi connectivity index (χ1) is 8.83. The molecule has 0 aliphatic rings. The highest BCUT2D eigenvalue weighted by atomic mass is 14.2. The largest absolute Gasteiger partial charge is 0.0849 e. The first-order valence-corrected chi connectivity index (χ1v) is 6.59. The van der Waals surface area contributed by atoms with E-state index in [-0.39, 0.29) is 0 Å². The molecular weight excluding hydrogens is 216 g/mol. The van der Waals surface area contributed by atoms with E-state index in [1.807, 2.05) is 0 Å². The summed E-state index contributed by atoms with van der Waals surface area (Å²) in [6.07, 6.45) is 3.41. The summed E-state index contributed by atoms with van der Waals surface area (Å²) in [6.45, 7) is 4.42. The number of hydrogen-bond donors (Lipinski definition) is 0. The van der Waals surface area contributed by atoms with Crippen LogP contribution < -0.4 is 0 Å². The van der Waals surface area contributed by atoms with Crippen LogP contribution in [0.4, 0.5) is 0 Å². The average molecular weight is 236 g/mol. The zero-order valence-electron chi connectivity index (χ0n) is 11.1. The lowest BCUT2D eigenvalue weighted by molar-refractivity contribution is 0.931. The number of allylic oxidation sites excluding steroid dienone is 2. The van der Waals surface area contributed by atoms with Gasteiger partial charge in [-0.3, -0.25) is 0 Å². The van der Waals surface area contributed by atoms with E-state index in [1.54, 1.807) is 0 Å². The molecule has 0 N–H and O–H groups in total. The molecule has 0 amide bonds. The Labute approximate surface area is 110 Å². The third-order valence-electron chi connectivity index (χ3n) is 3.25. The Morgan fingerprint density at radius 3 is 1.72 bits per heavy atom. The highest BCUT2D eigenvalue weighted by Gasteiger charge is 2.14. The standard InChI is InChI=1S/C18H20/c1-3-10-15(2)18(16-11-6-4-7-12-16)17-13-8-5-9-14-17/h4-14,18H,3H2,1-2H3/b15-10+. The van der Waals surface area contributed by atoms with Gasteiger partial charge in [0, 0.05) is 5.92 Å².